The molecule has 0 unspecified atom stereocenters. The van der Waals surface area contributed by atoms with Gasteiger partial charge in [-0.1, -0.05) is 24.3 Å². The standard InChI is InChI=1S/C26H28FN3O5S/c1-34-25-5-3-2-4-23(25)29-36(32,33)22-12-8-20(9-13-22)26(31)28-18-24(30-14-16-35-17-15-30)19-6-10-21(27)11-7-19/h2-13,24,29H,14-18H2,1H3,(H,28,31)/t24-/m1/s1. The molecular weight excluding hydrogens is 485 g/mol. The SMILES string of the molecule is COc1ccccc1NS(=O)(=O)c1ccc(C(=O)NC[C@H](c2ccc(F)cc2)N2CCOCC2)cc1. The van der Waals surface area contributed by atoms with Crippen LogP contribution in [0.5, 0.6) is 5.75 Å². The van der Waals surface area contributed by atoms with Gasteiger partial charge < -0.3 is 14.8 Å². The molecule has 36 heavy (non-hydrogen) atoms. The molecule has 3 aromatic carbocycles. The van der Waals surface area contributed by atoms with Crippen LogP contribution in [0, 0.1) is 5.82 Å². The van der Waals surface area contributed by atoms with Gasteiger partial charge in [0.15, 0.2) is 0 Å². The third kappa shape index (κ3) is 6.20. The van der Waals surface area contributed by atoms with E-state index in [0.717, 1.165) is 5.56 Å². The lowest BCUT2D eigenvalue weighted by Crippen LogP contribution is -2.43. The molecule has 0 aromatic heterocycles. The summed E-state index contributed by atoms with van der Waals surface area (Å²) in [5.41, 5.74) is 1.53. The Morgan fingerprint density at radius 2 is 1.69 bits per heavy atom. The first-order valence-corrected chi connectivity index (χ1v) is 13.0. The number of para-hydroxylation sites is 2. The third-order valence-electron chi connectivity index (χ3n) is 5.98. The molecule has 0 aliphatic carbocycles. The van der Waals surface area contributed by atoms with E-state index in [4.69, 9.17) is 9.47 Å². The predicted octanol–water partition coefficient (Wildman–Crippen LogP) is 3.44. The number of amides is 1. The number of nitrogens with one attached hydrogen (secondary N) is 2. The Morgan fingerprint density at radius 3 is 2.36 bits per heavy atom. The van der Waals surface area contributed by atoms with E-state index < -0.39 is 10.0 Å². The molecule has 0 saturated carbocycles. The first-order valence-electron chi connectivity index (χ1n) is 11.5. The van der Waals surface area contributed by atoms with E-state index in [2.05, 4.69) is 14.9 Å². The molecule has 1 atom stereocenters. The van der Waals surface area contributed by atoms with Crippen LogP contribution in [0.4, 0.5) is 10.1 Å². The Balaban J connectivity index is 1.44. The van der Waals surface area contributed by atoms with Gasteiger partial charge in [-0.05, 0) is 54.1 Å². The number of anilines is 1. The number of halogens is 1. The van der Waals surface area contributed by atoms with Gasteiger partial charge in [0.05, 0.1) is 36.9 Å². The van der Waals surface area contributed by atoms with E-state index in [0.29, 0.717) is 49.8 Å². The van der Waals surface area contributed by atoms with Gasteiger partial charge >= 0.3 is 0 Å². The maximum absolute atomic E-state index is 13.4. The Kier molecular flexibility index (Phi) is 8.19. The molecule has 190 valence electrons. The second-order valence-electron chi connectivity index (χ2n) is 8.26. The van der Waals surface area contributed by atoms with E-state index in [1.54, 1.807) is 36.4 Å². The van der Waals surface area contributed by atoms with Crippen LogP contribution in [0.2, 0.25) is 0 Å². The zero-order valence-electron chi connectivity index (χ0n) is 19.8. The zero-order chi connectivity index (χ0) is 25.5. The molecule has 1 fully saturated rings. The molecule has 1 aliphatic heterocycles. The summed E-state index contributed by atoms with van der Waals surface area (Å²) in [6.07, 6.45) is 0. The smallest absolute Gasteiger partial charge is 0.262 e. The molecule has 8 nitrogen and oxygen atoms in total. The molecule has 0 spiro atoms. The quantitative estimate of drug-likeness (QED) is 0.455. The highest BCUT2D eigenvalue weighted by Crippen LogP contribution is 2.26. The molecule has 1 saturated heterocycles. The normalized spacial score (nSPS) is 15.2. The first-order chi connectivity index (χ1) is 17.4. The average molecular weight is 514 g/mol. The fraction of sp³-hybridized carbons (Fsp3) is 0.269. The van der Waals surface area contributed by atoms with E-state index in [9.17, 15) is 17.6 Å². The van der Waals surface area contributed by atoms with E-state index in [1.807, 2.05) is 0 Å². The molecule has 1 aliphatic rings. The number of hydrogen-bond acceptors (Lipinski definition) is 6. The molecular formula is C26H28FN3O5S. The van der Waals surface area contributed by atoms with Crippen LogP contribution < -0.4 is 14.8 Å². The predicted molar refractivity (Wildman–Crippen MR) is 134 cm³/mol. The largest absolute Gasteiger partial charge is 0.495 e. The van der Waals surface area contributed by atoms with Crippen molar-refractivity contribution in [2.45, 2.75) is 10.9 Å². The second-order valence-corrected chi connectivity index (χ2v) is 9.94. The molecule has 2 N–H and O–H groups in total. The summed E-state index contributed by atoms with van der Waals surface area (Å²) < 4.78 is 52.2. The minimum absolute atomic E-state index is 0.0162. The lowest BCUT2D eigenvalue weighted by molar-refractivity contribution is 0.0162. The van der Waals surface area contributed by atoms with Crippen LogP contribution in [0.3, 0.4) is 0 Å². The van der Waals surface area contributed by atoms with Crippen LogP contribution in [-0.4, -0.2) is 59.2 Å². The average Bonchev–Trinajstić information content (AvgIpc) is 2.90. The lowest BCUT2D eigenvalue weighted by Gasteiger charge is -2.35. The topological polar surface area (TPSA) is 97.0 Å². The van der Waals surface area contributed by atoms with E-state index in [1.165, 1.54) is 43.5 Å². The van der Waals surface area contributed by atoms with Gasteiger partial charge in [-0.25, -0.2) is 12.8 Å². The maximum Gasteiger partial charge on any atom is 0.262 e. The van der Waals surface area contributed by atoms with Crippen molar-refractivity contribution >= 4 is 21.6 Å². The highest BCUT2D eigenvalue weighted by molar-refractivity contribution is 7.92. The van der Waals surface area contributed by atoms with Crippen molar-refractivity contribution in [2.75, 3.05) is 44.7 Å². The van der Waals surface area contributed by atoms with Crippen LogP contribution in [0.25, 0.3) is 0 Å². The number of hydrogen-bond donors (Lipinski definition) is 2. The van der Waals surface area contributed by atoms with Crippen molar-refractivity contribution in [3.63, 3.8) is 0 Å². The Hall–Kier alpha value is -3.47. The van der Waals surface area contributed by atoms with E-state index >= 15 is 0 Å². The summed E-state index contributed by atoms with van der Waals surface area (Å²) in [6.45, 7) is 2.88. The zero-order valence-corrected chi connectivity index (χ0v) is 20.6. The summed E-state index contributed by atoms with van der Waals surface area (Å²) >= 11 is 0. The van der Waals surface area contributed by atoms with Gasteiger partial charge in [-0.3, -0.25) is 14.4 Å². The van der Waals surface area contributed by atoms with Gasteiger partial charge in [-0.2, -0.15) is 0 Å². The molecule has 3 aromatic rings. The van der Waals surface area contributed by atoms with Crippen LogP contribution in [0.15, 0.2) is 77.7 Å². The number of benzene rings is 3. The summed E-state index contributed by atoms with van der Waals surface area (Å²) in [6, 6.07) is 18.5. The summed E-state index contributed by atoms with van der Waals surface area (Å²) in [7, 11) is -2.42. The van der Waals surface area contributed by atoms with Crippen molar-refractivity contribution in [1.82, 2.24) is 10.2 Å². The monoisotopic (exact) mass is 513 g/mol. The van der Waals surface area contributed by atoms with Crippen molar-refractivity contribution in [3.8, 4) is 5.75 Å². The molecule has 4 rings (SSSR count). The van der Waals surface area contributed by atoms with Gasteiger partial charge in [0.25, 0.3) is 15.9 Å². The van der Waals surface area contributed by atoms with Crippen molar-refractivity contribution in [1.29, 1.82) is 0 Å². The number of carbonyl (C=O) groups excluding carboxylic acids is 1. The molecule has 10 heteroatoms. The molecule has 1 amide bonds. The second kappa shape index (κ2) is 11.5. The molecule has 0 bridgehead atoms. The summed E-state index contributed by atoms with van der Waals surface area (Å²) in [5, 5.41) is 2.93. The summed E-state index contributed by atoms with van der Waals surface area (Å²) in [4.78, 5) is 15.1. The number of ether oxygens (including phenoxy) is 2. The van der Waals surface area contributed by atoms with Crippen molar-refractivity contribution in [3.05, 3.63) is 89.7 Å². The minimum atomic E-state index is -3.88. The number of morpholine rings is 1. The Bertz CT molecular complexity index is 1280. The van der Waals surface area contributed by atoms with Gasteiger partial charge in [0.1, 0.15) is 11.6 Å². The van der Waals surface area contributed by atoms with Crippen molar-refractivity contribution < 1.29 is 27.1 Å². The van der Waals surface area contributed by atoms with Crippen LogP contribution in [-0.2, 0) is 14.8 Å². The Labute approximate surface area is 210 Å². The number of methoxy groups -OCH3 is 1. The maximum atomic E-state index is 13.4. The fourth-order valence-electron chi connectivity index (χ4n) is 4.04. The van der Waals surface area contributed by atoms with Gasteiger partial charge in [0, 0.05) is 25.2 Å². The highest BCUT2D eigenvalue weighted by Gasteiger charge is 2.24. The van der Waals surface area contributed by atoms with Crippen LogP contribution >= 0.6 is 0 Å². The number of rotatable bonds is 9. The Morgan fingerprint density at radius 1 is 1.03 bits per heavy atom. The number of sulfonamides is 1. The highest BCUT2D eigenvalue weighted by atomic mass is 32.2. The van der Waals surface area contributed by atoms with Gasteiger partial charge in [-0.15, -0.1) is 0 Å². The molecule has 1 heterocycles. The van der Waals surface area contributed by atoms with E-state index in [-0.39, 0.29) is 22.7 Å². The number of nitrogens with zero attached hydrogens (tertiary/aromatic N) is 1. The van der Waals surface area contributed by atoms with Crippen LogP contribution in [0.1, 0.15) is 22.0 Å². The van der Waals surface area contributed by atoms with Crippen molar-refractivity contribution in [2.24, 2.45) is 0 Å². The fourth-order valence-corrected chi connectivity index (χ4v) is 5.11. The molecule has 0 radical (unpaired) electrons. The summed E-state index contributed by atoms with van der Waals surface area (Å²) in [5.74, 6) is -0.260. The first kappa shape index (κ1) is 25.6. The number of carbonyl (C=O) groups is 1. The third-order valence-corrected chi connectivity index (χ3v) is 7.36. The minimum Gasteiger partial charge on any atom is -0.495 e. The van der Waals surface area contributed by atoms with Gasteiger partial charge in [0.2, 0.25) is 0 Å². The lowest BCUT2D eigenvalue weighted by atomic mass is 10.0.